The lowest BCUT2D eigenvalue weighted by atomic mass is 9.96. The van der Waals surface area contributed by atoms with Crippen LogP contribution in [0.4, 0.5) is 5.69 Å². The Morgan fingerprint density at radius 3 is 2.81 bits per heavy atom. The number of piperidine rings is 1. The van der Waals surface area contributed by atoms with Crippen LogP contribution in [0.2, 0.25) is 10.0 Å². The topological polar surface area (TPSA) is 66.9 Å². The first kappa shape index (κ1) is 19.1. The average Bonchev–Trinajstić information content (AvgIpc) is 2.92. The summed E-state index contributed by atoms with van der Waals surface area (Å²) in [6.07, 6.45) is 1.57. The van der Waals surface area contributed by atoms with Crippen LogP contribution in [0.1, 0.15) is 26.2 Å². The molecule has 2 aliphatic rings. The number of rotatable bonds is 4. The molecule has 2 atom stereocenters. The first-order chi connectivity index (χ1) is 12.4. The van der Waals surface area contributed by atoms with E-state index in [0.29, 0.717) is 35.4 Å². The maximum absolute atomic E-state index is 12.9. The third kappa shape index (κ3) is 3.72. The summed E-state index contributed by atoms with van der Waals surface area (Å²) >= 11 is 12.2. The van der Waals surface area contributed by atoms with E-state index in [1.807, 2.05) is 4.90 Å². The molecule has 8 heteroatoms. The fourth-order valence-corrected chi connectivity index (χ4v) is 3.92. The van der Waals surface area contributed by atoms with Gasteiger partial charge in [-0.1, -0.05) is 23.2 Å². The summed E-state index contributed by atoms with van der Waals surface area (Å²) in [5, 5.41) is 0.689. The molecule has 0 saturated carbocycles. The molecular weight excluding hydrogens is 379 g/mol. The molecule has 3 rings (SSSR count). The number of ether oxygens (including phenoxy) is 1. The number of likely N-dealkylation sites (tertiary alicyclic amines) is 1. The van der Waals surface area contributed by atoms with Crippen LogP contribution in [0.25, 0.3) is 0 Å². The van der Waals surface area contributed by atoms with Crippen molar-refractivity contribution in [2.45, 2.75) is 32.2 Å². The second-order valence-corrected chi connectivity index (χ2v) is 7.31. The Kier molecular flexibility index (Phi) is 5.85. The zero-order chi connectivity index (χ0) is 18.8. The van der Waals surface area contributed by atoms with Crippen molar-refractivity contribution in [3.63, 3.8) is 0 Å². The molecule has 140 valence electrons. The van der Waals surface area contributed by atoms with Gasteiger partial charge in [-0.25, -0.2) is 4.90 Å². The molecular formula is C18H20Cl2N2O4. The van der Waals surface area contributed by atoms with E-state index in [4.69, 9.17) is 27.9 Å². The highest BCUT2D eigenvalue weighted by atomic mass is 35.5. The van der Waals surface area contributed by atoms with Gasteiger partial charge in [0.2, 0.25) is 5.91 Å². The standard InChI is InChI=1S/C18H20Cl2N2O4/c1-2-26-18(25)11-4-3-7-21(10-11)15-9-16(23)22(17(15)24)14-8-12(19)5-6-13(14)20/h5-6,8,11,15H,2-4,7,9-10H2,1H3/t11-,15-/m0/s1. The fraction of sp³-hybridized carbons (Fsp3) is 0.500. The maximum Gasteiger partial charge on any atom is 0.310 e. The Labute approximate surface area is 162 Å². The first-order valence-corrected chi connectivity index (χ1v) is 9.40. The molecule has 2 aliphatic heterocycles. The highest BCUT2D eigenvalue weighted by Crippen LogP contribution is 2.34. The molecule has 0 aromatic heterocycles. The SMILES string of the molecule is CCOC(=O)[C@H]1CCCN([C@H]2CC(=O)N(c3cc(Cl)ccc3Cl)C2=O)C1. The van der Waals surface area contributed by atoms with Gasteiger partial charge in [0, 0.05) is 11.6 Å². The van der Waals surface area contributed by atoms with E-state index >= 15 is 0 Å². The largest absolute Gasteiger partial charge is 0.466 e. The number of carbonyl (C=O) groups excluding carboxylic acids is 3. The van der Waals surface area contributed by atoms with Crippen LogP contribution in [-0.2, 0) is 19.1 Å². The number of anilines is 1. The molecule has 1 aromatic rings. The highest BCUT2D eigenvalue weighted by molar-refractivity contribution is 6.37. The van der Waals surface area contributed by atoms with Gasteiger partial charge in [0.1, 0.15) is 0 Å². The monoisotopic (exact) mass is 398 g/mol. The van der Waals surface area contributed by atoms with E-state index in [1.54, 1.807) is 19.1 Å². The van der Waals surface area contributed by atoms with Gasteiger partial charge in [-0.05, 0) is 44.5 Å². The van der Waals surface area contributed by atoms with Gasteiger partial charge in [0.05, 0.1) is 35.7 Å². The molecule has 2 saturated heterocycles. The number of imide groups is 1. The molecule has 0 unspecified atom stereocenters. The van der Waals surface area contributed by atoms with Crippen LogP contribution >= 0.6 is 23.2 Å². The van der Waals surface area contributed by atoms with Gasteiger partial charge in [-0.2, -0.15) is 0 Å². The lowest BCUT2D eigenvalue weighted by Crippen LogP contribution is -2.48. The van der Waals surface area contributed by atoms with E-state index in [0.717, 1.165) is 17.7 Å². The maximum atomic E-state index is 12.9. The normalized spacial score (nSPS) is 24.2. The van der Waals surface area contributed by atoms with Crippen LogP contribution < -0.4 is 4.90 Å². The van der Waals surface area contributed by atoms with Crippen molar-refractivity contribution in [3.05, 3.63) is 28.2 Å². The lowest BCUT2D eigenvalue weighted by Gasteiger charge is -2.34. The number of hydrogen-bond acceptors (Lipinski definition) is 5. The molecule has 0 bridgehead atoms. The van der Waals surface area contributed by atoms with E-state index < -0.39 is 6.04 Å². The zero-order valence-corrected chi connectivity index (χ0v) is 15.9. The smallest absolute Gasteiger partial charge is 0.310 e. The molecule has 6 nitrogen and oxygen atoms in total. The van der Waals surface area contributed by atoms with Gasteiger partial charge in [-0.15, -0.1) is 0 Å². The van der Waals surface area contributed by atoms with Crippen molar-refractivity contribution in [3.8, 4) is 0 Å². The number of benzene rings is 1. The summed E-state index contributed by atoms with van der Waals surface area (Å²) in [7, 11) is 0. The van der Waals surface area contributed by atoms with Crippen LogP contribution in [0, 0.1) is 5.92 Å². The predicted molar refractivity (Wildman–Crippen MR) is 98.3 cm³/mol. The average molecular weight is 399 g/mol. The molecule has 2 amide bonds. The Bertz CT molecular complexity index is 740. The summed E-state index contributed by atoms with van der Waals surface area (Å²) in [4.78, 5) is 40.5. The van der Waals surface area contributed by atoms with Crippen LogP contribution in [0.5, 0.6) is 0 Å². The second kappa shape index (κ2) is 7.94. The summed E-state index contributed by atoms with van der Waals surface area (Å²) in [5.74, 6) is -1.16. The molecule has 0 aliphatic carbocycles. The third-order valence-electron chi connectivity index (χ3n) is 4.79. The minimum atomic E-state index is -0.588. The highest BCUT2D eigenvalue weighted by Gasteiger charge is 2.45. The molecule has 2 fully saturated rings. The van der Waals surface area contributed by atoms with Crippen LogP contribution in [0.15, 0.2) is 18.2 Å². The van der Waals surface area contributed by atoms with Crippen molar-refractivity contribution in [1.29, 1.82) is 0 Å². The third-order valence-corrected chi connectivity index (χ3v) is 5.34. The first-order valence-electron chi connectivity index (χ1n) is 8.65. The Morgan fingerprint density at radius 2 is 2.08 bits per heavy atom. The zero-order valence-electron chi connectivity index (χ0n) is 14.4. The van der Waals surface area contributed by atoms with E-state index in [-0.39, 0.29) is 30.1 Å². The Hall–Kier alpha value is -1.63. The quantitative estimate of drug-likeness (QED) is 0.576. The number of carbonyl (C=O) groups is 3. The number of esters is 1. The summed E-state index contributed by atoms with van der Waals surface area (Å²) in [6, 6.07) is 4.09. The lowest BCUT2D eigenvalue weighted by molar-refractivity contribution is -0.150. The number of nitrogens with zero attached hydrogens (tertiary/aromatic N) is 2. The minimum absolute atomic E-state index is 0.0667. The number of amides is 2. The van der Waals surface area contributed by atoms with Crippen molar-refractivity contribution in [2.24, 2.45) is 5.92 Å². The minimum Gasteiger partial charge on any atom is -0.466 e. The van der Waals surface area contributed by atoms with Gasteiger partial charge in [0.25, 0.3) is 5.91 Å². The van der Waals surface area contributed by atoms with Gasteiger partial charge in [-0.3, -0.25) is 19.3 Å². The Balaban J connectivity index is 1.78. The molecule has 0 radical (unpaired) electrons. The predicted octanol–water partition coefficient (Wildman–Crippen LogP) is 2.90. The molecule has 0 spiro atoms. The van der Waals surface area contributed by atoms with E-state index in [9.17, 15) is 14.4 Å². The van der Waals surface area contributed by atoms with Crippen molar-refractivity contribution in [1.82, 2.24) is 4.90 Å². The second-order valence-electron chi connectivity index (χ2n) is 6.47. The van der Waals surface area contributed by atoms with Gasteiger partial charge >= 0.3 is 5.97 Å². The number of hydrogen-bond donors (Lipinski definition) is 0. The fourth-order valence-electron chi connectivity index (χ4n) is 3.55. The van der Waals surface area contributed by atoms with E-state index in [1.165, 1.54) is 6.07 Å². The van der Waals surface area contributed by atoms with Crippen molar-refractivity contribution >= 4 is 46.7 Å². The van der Waals surface area contributed by atoms with Crippen molar-refractivity contribution in [2.75, 3.05) is 24.6 Å². The summed E-state index contributed by atoms with van der Waals surface area (Å²) in [5.41, 5.74) is 0.301. The molecule has 0 N–H and O–H groups in total. The molecule has 1 aromatic carbocycles. The van der Waals surface area contributed by atoms with Gasteiger partial charge in [0.15, 0.2) is 0 Å². The summed E-state index contributed by atoms with van der Waals surface area (Å²) < 4.78 is 5.10. The molecule has 26 heavy (non-hydrogen) atoms. The summed E-state index contributed by atoms with van der Waals surface area (Å²) in [6.45, 7) is 3.18. The number of halogens is 2. The van der Waals surface area contributed by atoms with Crippen LogP contribution in [0.3, 0.4) is 0 Å². The van der Waals surface area contributed by atoms with Crippen molar-refractivity contribution < 1.29 is 19.1 Å². The Morgan fingerprint density at radius 1 is 1.31 bits per heavy atom. The molecule has 2 heterocycles. The van der Waals surface area contributed by atoms with E-state index in [2.05, 4.69) is 0 Å². The van der Waals surface area contributed by atoms with Crippen LogP contribution in [-0.4, -0.2) is 48.4 Å². The van der Waals surface area contributed by atoms with Gasteiger partial charge < -0.3 is 4.74 Å².